The molecular formula is C108H81BN4O3. The SMILES string of the molecule is [2H]c1c([2H])c(-n2c3c([2H])c([2H])c([2H])c([2H])c3c3c([2H])c(-c4ccccc4)c([2H])c([2H])c32)c([2H])c2c1B1c3c(cc(C(C)(C)C)cc3N(c3c(-c4ccccc4)c([2H])c(C(C)(C)C)c4c3oc3c([2H])c([2H])c([2H])c([2H])c34)c3c([2H])c(-n4c5c([2H])c([2H])c([2H])c([2H])c5c5c([2H])c(-c6cccc7c6oc6ccccc67)c([2H])c([2H])c54)c([2H])c([2H])c31)N2c1c(-c2ccccc2)c([2H])c(C(C)(C)C)c2c1oc1c([2H])c([2H])c([2H])c([2H])c12. The van der Waals surface area contributed by atoms with Crippen LogP contribution in [0.5, 0.6) is 0 Å². The third-order valence-electron chi connectivity index (χ3n) is 22.6. The van der Waals surface area contributed by atoms with Gasteiger partial charge in [-0.05, 0) is 180 Å². The average Bonchev–Trinajstić information content (AvgIpc) is 1.13. The Morgan fingerprint density at radius 3 is 1.24 bits per heavy atom. The second-order valence-corrected chi connectivity index (χ2v) is 32.7. The second-order valence-electron chi connectivity index (χ2n) is 32.7. The lowest BCUT2D eigenvalue weighted by Gasteiger charge is -2.46. The summed E-state index contributed by atoms with van der Waals surface area (Å²) in [6, 6.07) is 18.4. The summed E-state index contributed by atoms with van der Waals surface area (Å²) in [6.07, 6.45) is 0. The molecule has 23 rings (SSSR count). The minimum Gasteiger partial charge on any atom is -0.455 e. The van der Waals surface area contributed by atoms with Crippen LogP contribution in [0, 0.1) is 0 Å². The van der Waals surface area contributed by atoms with Gasteiger partial charge >= 0.3 is 0 Å². The predicted octanol–water partition coefficient (Wildman–Crippen LogP) is 28.2. The topological polar surface area (TPSA) is 55.8 Å². The van der Waals surface area contributed by atoms with Gasteiger partial charge in [0.05, 0.1) is 74.6 Å². The van der Waals surface area contributed by atoms with Crippen LogP contribution in [0.1, 0.15) is 120 Å². The van der Waals surface area contributed by atoms with Gasteiger partial charge in [-0.15, -0.1) is 0 Å². The van der Waals surface area contributed by atoms with Gasteiger partial charge in [0.15, 0.2) is 11.2 Å². The summed E-state index contributed by atoms with van der Waals surface area (Å²) in [7, 11) is 0. The molecule has 0 bridgehead atoms. The van der Waals surface area contributed by atoms with Gasteiger partial charge in [0.1, 0.15) is 22.3 Å². The Morgan fingerprint density at radius 1 is 0.302 bits per heavy atom. The highest BCUT2D eigenvalue weighted by molar-refractivity contribution is 7.00. The molecule has 2 aliphatic rings. The number of hydrogen-bond donors (Lipinski definition) is 0. The van der Waals surface area contributed by atoms with Gasteiger partial charge in [-0.3, -0.25) is 0 Å². The van der Waals surface area contributed by atoms with Crippen molar-refractivity contribution >= 4 is 167 Å². The van der Waals surface area contributed by atoms with E-state index < -0.39 is 275 Å². The summed E-state index contributed by atoms with van der Waals surface area (Å²) >= 11 is 0. The number of fused-ring (bicyclic) bond motifs is 19. The van der Waals surface area contributed by atoms with E-state index in [9.17, 15) is 41.1 Å². The summed E-state index contributed by atoms with van der Waals surface area (Å²) in [5.41, 5.74) is -10.1. The van der Waals surface area contributed by atoms with Crippen LogP contribution in [0.15, 0.2) is 340 Å². The number of furan rings is 3. The van der Waals surface area contributed by atoms with Gasteiger partial charge in [-0.2, -0.15) is 0 Å². The van der Waals surface area contributed by atoms with E-state index in [1.54, 1.807) is 181 Å². The molecule has 7 heterocycles. The normalized spacial score (nSPS) is 16.8. The van der Waals surface area contributed by atoms with Crippen LogP contribution in [0.3, 0.4) is 0 Å². The van der Waals surface area contributed by atoms with Gasteiger partial charge < -0.3 is 32.2 Å². The van der Waals surface area contributed by atoms with Crippen molar-refractivity contribution in [2.24, 2.45) is 0 Å². The minimum atomic E-state index is -2.03. The first-order chi connectivity index (χ1) is 69.0. The Bertz CT molecular complexity index is 9410. The van der Waals surface area contributed by atoms with E-state index in [1.807, 2.05) is 26.8 Å². The molecule has 116 heavy (non-hydrogen) atoms. The number of nitrogens with zero attached hydrogens (tertiary/aromatic N) is 4. The fourth-order valence-corrected chi connectivity index (χ4v) is 17.3. The molecule has 8 heteroatoms. The van der Waals surface area contributed by atoms with E-state index >= 15 is 0 Å². The van der Waals surface area contributed by atoms with Crippen LogP contribution in [0.2, 0.25) is 0 Å². The average molecular weight is 1520 g/mol. The van der Waals surface area contributed by atoms with Crippen molar-refractivity contribution in [1.82, 2.24) is 9.13 Å². The van der Waals surface area contributed by atoms with Gasteiger partial charge in [0, 0.05) is 105 Å². The zero-order chi connectivity index (χ0) is 104. The van der Waals surface area contributed by atoms with Crippen molar-refractivity contribution in [3.05, 3.63) is 344 Å². The molecule has 0 fully saturated rings. The van der Waals surface area contributed by atoms with Crippen molar-refractivity contribution in [2.75, 3.05) is 9.80 Å². The van der Waals surface area contributed by atoms with Crippen molar-refractivity contribution < 1.29 is 54.4 Å². The smallest absolute Gasteiger partial charge is 0.252 e. The molecular weight excluding hydrogens is 1410 g/mol. The number of para-hydroxylation sites is 6. The van der Waals surface area contributed by atoms with Crippen molar-refractivity contribution in [3.63, 3.8) is 0 Å². The van der Waals surface area contributed by atoms with E-state index in [2.05, 4.69) is 0 Å². The van der Waals surface area contributed by atoms with Gasteiger partial charge in [-0.1, -0.05) is 286 Å². The maximum absolute atomic E-state index is 12.1. The highest BCUT2D eigenvalue weighted by Crippen LogP contribution is 2.57. The molecule has 5 aromatic heterocycles. The van der Waals surface area contributed by atoms with Crippen LogP contribution in [0.25, 0.3) is 165 Å². The summed E-state index contributed by atoms with van der Waals surface area (Å²) in [6.45, 7) is 14.3. The molecule has 7 nitrogen and oxygen atoms in total. The molecule has 0 saturated heterocycles. The number of benzene rings is 16. The number of rotatable bonds is 8. The predicted molar refractivity (Wildman–Crippen MR) is 489 cm³/mol. The standard InChI is InChI=1S/C108H81BN4O3/c1-106(2,3)69-58-93-100-94(59-69)113(102-80(66-34-17-12-18-35-66)63-84(108(7,8)9)99-78-40-23-28-47-97(78)116-105(99)102)92-61-71(111-88-44-25-20-37-74(88)82-57-68(49-55-90(82)111)72-41-29-42-76-75-38-21-26-45-95(75)114-103(72)76)51-53-86(92)109(100)85-52-50-70(110-87-43-24-19-36-73(87)81-56-67(48-54-89(81)110)64-30-13-10-14-31-64)60-91(85)112(93)101-79(65-32-15-11-16-33-65)62-83(107(4,5)6)98-77-39-22-27-46-96(77)115-104(98)101/h10-63H,1-9H3/i19D,20D,22D,23D,24D,25D,27D,28D,36D,37D,39D,40D,43D,44D,46D,47D,48D,49D,50D,51D,52D,53D,54D,55D,56D,57D,60D,61D,62D,63D. The molecule has 0 saturated carbocycles. The molecule has 2 aliphatic heterocycles. The minimum absolute atomic E-state index is 0.0550. The van der Waals surface area contributed by atoms with Gasteiger partial charge in [0.25, 0.3) is 6.71 Å². The van der Waals surface area contributed by atoms with Gasteiger partial charge in [-0.25, -0.2) is 0 Å². The van der Waals surface area contributed by atoms with E-state index in [0.717, 1.165) is 9.13 Å². The molecule has 0 radical (unpaired) electrons. The Hall–Kier alpha value is -13.8. The molecule has 0 amide bonds. The number of aromatic nitrogens is 2. The lowest BCUT2D eigenvalue weighted by atomic mass is 9.33. The van der Waals surface area contributed by atoms with Gasteiger partial charge in [0.2, 0.25) is 0 Å². The number of hydrogen-bond acceptors (Lipinski definition) is 5. The lowest BCUT2D eigenvalue weighted by molar-refractivity contribution is 0.590. The largest absolute Gasteiger partial charge is 0.455 e. The highest BCUT2D eigenvalue weighted by atomic mass is 16.3. The first-order valence-electron chi connectivity index (χ1n) is 53.2. The summed E-state index contributed by atoms with van der Waals surface area (Å²) in [5, 5.41) is -0.918. The Labute approximate surface area is 715 Å². The van der Waals surface area contributed by atoms with Crippen LogP contribution < -0.4 is 26.2 Å². The first-order valence-corrected chi connectivity index (χ1v) is 38.2. The van der Waals surface area contributed by atoms with Crippen LogP contribution in [-0.4, -0.2) is 15.8 Å². The molecule has 554 valence electrons. The molecule has 0 N–H and O–H groups in total. The molecule has 0 unspecified atom stereocenters. The fourth-order valence-electron chi connectivity index (χ4n) is 17.3. The zero-order valence-corrected chi connectivity index (χ0v) is 63.9. The van der Waals surface area contributed by atoms with E-state index in [1.165, 1.54) is 9.80 Å². The number of anilines is 6. The van der Waals surface area contributed by atoms with E-state index in [-0.39, 0.29) is 140 Å². The second kappa shape index (κ2) is 24.8. The Balaban J connectivity index is 0.989. The van der Waals surface area contributed by atoms with Crippen LogP contribution >= 0.6 is 0 Å². The highest BCUT2D eigenvalue weighted by Gasteiger charge is 2.47. The fraction of sp³-hybridized carbons (Fsp3) is 0.111. The Morgan fingerprint density at radius 2 is 0.733 bits per heavy atom. The quantitative estimate of drug-likeness (QED) is 0.142. The first kappa shape index (κ1) is 44.0. The van der Waals surface area contributed by atoms with Crippen LogP contribution in [0.4, 0.5) is 34.1 Å². The zero-order valence-electron chi connectivity index (χ0n) is 93.9. The van der Waals surface area contributed by atoms with E-state index in [0.29, 0.717) is 21.9 Å². The molecule has 21 aromatic rings. The molecule has 0 atom stereocenters. The van der Waals surface area contributed by atoms with Crippen molar-refractivity contribution in [3.8, 4) is 55.9 Å². The third-order valence-corrected chi connectivity index (χ3v) is 22.6. The summed E-state index contributed by atoms with van der Waals surface area (Å²) in [4.78, 5) is 2.92. The monoisotopic (exact) mass is 1520 g/mol. The molecule has 0 aliphatic carbocycles. The molecule has 16 aromatic carbocycles. The molecule has 0 spiro atoms. The maximum atomic E-state index is 12.1. The van der Waals surface area contributed by atoms with Crippen molar-refractivity contribution in [2.45, 2.75) is 78.6 Å². The van der Waals surface area contributed by atoms with E-state index in [4.69, 9.17) is 13.3 Å². The third kappa shape index (κ3) is 10.0. The summed E-state index contributed by atoms with van der Waals surface area (Å²) in [5.74, 6) is 0. The summed E-state index contributed by atoms with van der Waals surface area (Å²) < 4.78 is 335. The maximum Gasteiger partial charge on any atom is 0.252 e. The lowest BCUT2D eigenvalue weighted by Crippen LogP contribution is -2.61. The van der Waals surface area contributed by atoms with Crippen molar-refractivity contribution in [1.29, 1.82) is 0 Å². The Kier molecular flexibility index (Phi) is 9.43. The van der Waals surface area contributed by atoms with Crippen LogP contribution in [-0.2, 0) is 16.2 Å².